The molecule has 0 radical (unpaired) electrons. The maximum atomic E-state index is 13.3. The number of piperidine rings is 1. The molecule has 4 rings (SSSR count). The lowest BCUT2D eigenvalue weighted by Gasteiger charge is -2.44. The minimum Gasteiger partial charge on any atom is -0.496 e. The van der Waals surface area contributed by atoms with Gasteiger partial charge in [0.1, 0.15) is 17.1 Å². The van der Waals surface area contributed by atoms with Gasteiger partial charge in [0.25, 0.3) is 5.91 Å². The number of benzene rings is 1. The van der Waals surface area contributed by atoms with Gasteiger partial charge < -0.3 is 19.3 Å². The summed E-state index contributed by atoms with van der Waals surface area (Å²) in [6, 6.07) is 5.40. The minimum atomic E-state index is -0.144. The molecular formula is C24H34N2O4S. The number of hydrogen-bond donors (Lipinski definition) is 0. The van der Waals surface area contributed by atoms with E-state index in [9.17, 15) is 9.59 Å². The molecule has 0 N–H and O–H groups in total. The molecule has 7 heteroatoms. The van der Waals surface area contributed by atoms with Crippen LogP contribution in [0.15, 0.2) is 18.2 Å². The minimum absolute atomic E-state index is 0.0637. The van der Waals surface area contributed by atoms with E-state index in [1.165, 1.54) is 25.7 Å². The van der Waals surface area contributed by atoms with Crippen molar-refractivity contribution in [2.75, 3.05) is 39.6 Å². The lowest BCUT2D eigenvalue weighted by Crippen LogP contribution is -2.53. The first-order chi connectivity index (χ1) is 15.1. The molecule has 2 heterocycles. The van der Waals surface area contributed by atoms with Crippen LogP contribution in [0, 0.1) is 5.92 Å². The Labute approximate surface area is 189 Å². The zero-order chi connectivity index (χ0) is 21.8. The van der Waals surface area contributed by atoms with Crippen LogP contribution in [-0.2, 0) is 4.79 Å². The summed E-state index contributed by atoms with van der Waals surface area (Å²) in [5.74, 6) is 3.04. The Morgan fingerprint density at radius 2 is 1.71 bits per heavy atom. The third-order valence-corrected chi connectivity index (χ3v) is 8.75. The van der Waals surface area contributed by atoms with E-state index in [-0.39, 0.29) is 10.8 Å². The molecule has 31 heavy (non-hydrogen) atoms. The van der Waals surface area contributed by atoms with Gasteiger partial charge in [-0.25, -0.2) is 0 Å². The number of methoxy groups -OCH3 is 2. The summed E-state index contributed by atoms with van der Waals surface area (Å²) in [7, 11) is 3.14. The Morgan fingerprint density at radius 1 is 1.06 bits per heavy atom. The first-order valence-electron chi connectivity index (χ1n) is 11.5. The van der Waals surface area contributed by atoms with Crippen molar-refractivity contribution in [2.45, 2.75) is 56.2 Å². The highest BCUT2D eigenvalue weighted by molar-refractivity contribution is 8.00. The Bertz CT molecular complexity index is 779. The highest BCUT2D eigenvalue weighted by Crippen LogP contribution is 2.45. The quantitative estimate of drug-likeness (QED) is 0.656. The van der Waals surface area contributed by atoms with Gasteiger partial charge in [0, 0.05) is 31.8 Å². The van der Waals surface area contributed by atoms with Crippen molar-refractivity contribution in [3.63, 3.8) is 0 Å². The third-order valence-electron chi connectivity index (χ3n) is 7.19. The molecule has 3 aliphatic rings. The lowest BCUT2D eigenvalue weighted by molar-refractivity contribution is -0.135. The van der Waals surface area contributed by atoms with E-state index in [0.717, 1.165) is 37.5 Å². The lowest BCUT2D eigenvalue weighted by atomic mass is 9.98. The average molecular weight is 447 g/mol. The van der Waals surface area contributed by atoms with E-state index in [1.807, 2.05) is 22.7 Å². The number of rotatable bonds is 6. The predicted octanol–water partition coefficient (Wildman–Crippen LogP) is 4.18. The normalized spacial score (nSPS) is 21.0. The van der Waals surface area contributed by atoms with Crippen molar-refractivity contribution in [3.05, 3.63) is 23.8 Å². The number of carbonyl (C=O) groups is 2. The number of hydrogen-bond acceptors (Lipinski definition) is 5. The summed E-state index contributed by atoms with van der Waals surface area (Å²) < 4.78 is 10.9. The summed E-state index contributed by atoms with van der Waals surface area (Å²) in [6.45, 7) is 2.11. The molecule has 0 atom stereocenters. The largest absolute Gasteiger partial charge is 0.496 e. The Kier molecular flexibility index (Phi) is 6.99. The first kappa shape index (κ1) is 22.3. The molecule has 1 aliphatic carbocycles. The molecule has 1 saturated carbocycles. The van der Waals surface area contributed by atoms with Gasteiger partial charge in [-0.05, 0) is 37.3 Å². The van der Waals surface area contributed by atoms with E-state index in [1.54, 1.807) is 26.4 Å². The molecule has 3 fully saturated rings. The third kappa shape index (κ3) is 4.52. The topological polar surface area (TPSA) is 59.1 Å². The molecule has 0 bridgehead atoms. The van der Waals surface area contributed by atoms with Gasteiger partial charge in [-0.2, -0.15) is 0 Å². The Hall–Kier alpha value is -1.89. The van der Waals surface area contributed by atoms with Crippen molar-refractivity contribution in [2.24, 2.45) is 5.92 Å². The van der Waals surface area contributed by atoms with Crippen molar-refractivity contribution in [1.82, 2.24) is 9.80 Å². The van der Waals surface area contributed by atoms with Gasteiger partial charge in [0.2, 0.25) is 5.91 Å². The van der Waals surface area contributed by atoms with Crippen LogP contribution in [0.3, 0.4) is 0 Å². The molecule has 6 nitrogen and oxygen atoms in total. The summed E-state index contributed by atoms with van der Waals surface area (Å²) in [6.07, 6.45) is 8.56. The molecule has 1 aromatic carbocycles. The monoisotopic (exact) mass is 446 g/mol. The number of carbonyl (C=O) groups excluding carboxylic acids is 2. The molecule has 2 aliphatic heterocycles. The maximum absolute atomic E-state index is 13.3. The van der Waals surface area contributed by atoms with Gasteiger partial charge in [-0.1, -0.05) is 31.7 Å². The van der Waals surface area contributed by atoms with Crippen molar-refractivity contribution in [1.29, 1.82) is 0 Å². The number of nitrogens with zero attached hydrogens (tertiary/aromatic N) is 2. The SMILES string of the molecule is COc1cccc(OC)c1C(=O)N1CCC2(CC1)SCCN2C(=O)CCC1CCCC1. The molecule has 0 aromatic heterocycles. The standard InChI is InChI=1S/C24H34N2O4S/c1-29-19-8-5-9-20(30-2)22(19)23(28)25-14-12-24(13-15-25)26(16-17-31-24)21(27)11-10-18-6-3-4-7-18/h5,8-9,18H,3-4,6-7,10-17H2,1-2H3. The summed E-state index contributed by atoms with van der Waals surface area (Å²) in [5.41, 5.74) is 0.479. The summed E-state index contributed by atoms with van der Waals surface area (Å²) >= 11 is 1.90. The van der Waals surface area contributed by atoms with Crippen LogP contribution >= 0.6 is 11.8 Å². The second-order valence-electron chi connectivity index (χ2n) is 8.86. The molecular weight excluding hydrogens is 412 g/mol. The number of amides is 2. The van der Waals surface area contributed by atoms with Crippen LogP contribution in [0.1, 0.15) is 61.7 Å². The van der Waals surface area contributed by atoms with Gasteiger partial charge in [0.05, 0.1) is 19.1 Å². The molecule has 170 valence electrons. The molecule has 1 aromatic rings. The van der Waals surface area contributed by atoms with Gasteiger partial charge >= 0.3 is 0 Å². The van der Waals surface area contributed by atoms with Gasteiger partial charge in [-0.15, -0.1) is 11.8 Å². The van der Waals surface area contributed by atoms with E-state index >= 15 is 0 Å². The van der Waals surface area contributed by atoms with Gasteiger partial charge in [0.15, 0.2) is 0 Å². The van der Waals surface area contributed by atoms with E-state index < -0.39 is 0 Å². The zero-order valence-corrected chi connectivity index (χ0v) is 19.5. The van der Waals surface area contributed by atoms with Crippen molar-refractivity contribution in [3.8, 4) is 11.5 Å². The fraction of sp³-hybridized carbons (Fsp3) is 0.667. The Morgan fingerprint density at radius 3 is 2.32 bits per heavy atom. The number of likely N-dealkylation sites (tertiary alicyclic amines) is 1. The van der Waals surface area contributed by atoms with E-state index in [4.69, 9.17) is 9.47 Å². The number of ether oxygens (including phenoxy) is 2. The zero-order valence-electron chi connectivity index (χ0n) is 18.7. The average Bonchev–Trinajstić information content (AvgIpc) is 3.47. The van der Waals surface area contributed by atoms with Gasteiger partial charge in [-0.3, -0.25) is 9.59 Å². The second-order valence-corrected chi connectivity index (χ2v) is 10.3. The van der Waals surface area contributed by atoms with Crippen molar-refractivity contribution >= 4 is 23.6 Å². The van der Waals surface area contributed by atoms with Crippen LogP contribution in [0.2, 0.25) is 0 Å². The Balaban J connectivity index is 1.40. The van der Waals surface area contributed by atoms with E-state index in [2.05, 4.69) is 4.90 Å². The fourth-order valence-electron chi connectivity index (χ4n) is 5.42. The summed E-state index contributed by atoms with van der Waals surface area (Å²) in [4.78, 5) is 30.3. The van der Waals surface area contributed by atoms with Crippen LogP contribution in [0.25, 0.3) is 0 Å². The molecule has 2 saturated heterocycles. The van der Waals surface area contributed by atoms with Crippen molar-refractivity contribution < 1.29 is 19.1 Å². The van der Waals surface area contributed by atoms with Crippen LogP contribution in [-0.4, -0.2) is 66.1 Å². The highest BCUT2D eigenvalue weighted by atomic mass is 32.2. The molecule has 2 amide bonds. The number of thioether (sulfide) groups is 1. The molecule has 0 unspecified atom stereocenters. The van der Waals surface area contributed by atoms with E-state index in [0.29, 0.717) is 42.5 Å². The highest BCUT2D eigenvalue weighted by Gasteiger charge is 2.47. The first-order valence-corrected chi connectivity index (χ1v) is 12.5. The maximum Gasteiger partial charge on any atom is 0.261 e. The summed E-state index contributed by atoms with van der Waals surface area (Å²) in [5, 5.41) is 0. The van der Waals surface area contributed by atoms with Crippen LogP contribution in [0.5, 0.6) is 11.5 Å². The van der Waals surface area contributed by atoms with Crippen LogP contribution in [0.4, 0.5) is 0 Å². The smallest absolute Gasteiger partial charge is 0.261 e. The fourth-order valence-corrected chi connectivity index (χ4v) is 6.89. The second kappa shape index (κ2) is 9.72. The predicted molar refractivity (Wildman–Crippen MR) is 123 cm³/mol. The van der Waals surface area contributed by atoms with Crippen LogP contribution < -0.4 is 9.47 Å². The molecule has 1 spiro atoms.